The lowest BCUT2D eigenvalue weighted by atomic mass is 10.0. The molecule has 1 aromatic carbocycles. The summed E-state index contributed by atoms with van der Waals surface area (Å²) in [6.45, 7) is 4.55. The third-order valence-electron chi connectivity index (χ3n) is 7.48. The molecule has 0 spiro atoms. The number of nitrogens with zero attached hydrogens (tertiary/aromatic N) is 5. The van der Waals surface area contributed by atoms with Crippen LogP contribution in [0.5, 0.6) is 5.75 Å². The zero-order valence-corrected chi connectivity index (χ0v) is 25.2. The average molecular weight is 612 g/mol. The topological polar surface area (TPSA) is 213 Å². The number of carbonyl (C=O) groups is 3. The number of methoxy groups -OCH3 is 1. The number of unbranched alkanes of at least 4 members (excludes halogenated alkanes) is 2. The number of amides is 4. The molecule has 44 heavy (non-hydrogen) atoms. The van der Waals surface area contributed by atoms with Crippen molar-refractivity contribution in [3.63, 3.8) is 0 Å². The number of ether oxygens (including phenoxy) is 2. The Morgan fingerprint density at radius 1 is 1.09 bits per heavy atom. The molecule has 15 nitrogen and oxygen atoms in total. The predicted molar refractivity (Wildman–Crippen MR) is 161 cm³/mol. The maximum Gasteiger partial charge on any atom is 0.324 e. The van der Waals surface area contributed by atoms with Crippen LogP contribution in [-0.4, -0.2) is 91.9 Å². The fraction of sp³-hybridized carbons (Fsp3) is 0.517. The number of aliphatic hydroxyl groups excluding tert-OH is 1. The number of aromatic nitrogens is 4. The van der Waals surface area contributed by atoms with Crippen molar-refractivity contribution >= 4 is 34.8 Å². The summed E-state index contributed by atoms with van der Waals surface area (Å²) in [6.07, 6.45) is 1.39. The van der Waals surface area contributed by atoms with Crippen LogP contribution in [-0.2, 0) is 20.7 Å². The number of nitrogens with one attached hydrogen (secondary N) is 2. The maximum atomic E-state index is 14.0. The molecule has 1 aliphatic heterocycles. The number of carbonyl (C=O) groups excluding carboxylic acids is 3. The molecular weight excluding hydrogens is 570 g/mol. The van der Waals surface area contributed by atoms with Gasteiger partial charge in [0.05, 0.1) is 19.5 Å². The largest absolute Gasteiger partial charge is 0.497 e. The number of nitrogens with two attached hydrogens (primary N) is 2. The molecule has 7 N–H and O–H groups in total. The maximum absolute atomic E-state index is 14.0. The summed E-state index contributed by atoms with van der Waals surface area (Å²) in [5.74, 6) is -0.620. The third kappa shape index (κ3) is 7.06. The number of hydrogen-bond donors (Lipinski definition) is 5. The van der Waals surface area contributed by atoms with Gasteiger partial charge in [0.15, 0.2) is 23.8 Å². The minimum atomic E-state index is -1.57. The molecule has 4 amide bonds. The van der Waals surface area contributed by atoms with Crippen molar-refractivity contribution in [3.8, 4) is 5.75 Å². The number of aliphatic hydroxyl groups is 1. The highest BCUT2D eigenvalue weighted by Crippen LogP contribution is 2.35. The molecular formula is C29H41N9O6. The Hall–Kier alpha value is -4.34. The number of hydrogen-bond acceptors (Lipinski definition) is 11. The van der Waals surface area contributed by atoms with Crippen molar-refractivity contribution in [2.75, 3.05) is 25.9 Å². The van der Waals surface area contributed by atoms with Crippen LogP contribution < -0.4 is 26.8 Å². The van der Waals surface area contributed by atoms with Crippen LogP contribution in [0, 0.1) is 0 Å². The van der Waals surface area contributed by atoms with E-state index in [4.69, 9.17) is 20.9 Å². The van der Waals surface area contributed by atoms with Gasteiger partial charge in [-0.3, -0.25) is 19.1 Å². The highest BCUT2D eigenvalue weighted by atomic mass is 16.5. The summed E-state index contributed by atoms with van der Waals surface area (Å²) in [6, 6.07) is 3.60. The summed E-state index contributed by atoms with van der Waals surface area (Å²) < 4.78 is 12.7. The van der Waals surface area contributed by atoms with E-state index < -0.39 is 48.4 Å². The lowest BCUT2D eigenvalue weighted by Crippen LogP contribution is -2.62. The molecule has 1 aliphatic rings. The quantitative estimate of drug-likeness (QED) is 0.171. The Morgan fingerprint density at radius 3 is 2.43 bits per heavy atom. The molecule has 0 unspecified atom stereocenters. The van der Waals surface area contributed by atoms with Crippen LogP contribution in [0.1, 0.15) is 51.3 Å². The lowest BCUT2D eigenvalue weighted by Gasteiger charge is -2.33. The molecule has 5 atom stereocenters. The number of imide groups is 1. The number of urea groups is 1. The number of rotatable bonds is 13. The summed E-state index contributed by atoms with van der Waals surface area (Å²) in [7, 11) is 1.55. The molecule has 15 heteroatoms. The molecule has 238 valence electrons. The molecule has 0 saturated carbocycles. The van der Waals surface area contributed by atoms with Gasteiger partial charge in [-0.1, -0.05) is 38.8 Å². The van der Waals surface area contributed by atoms with Gasteiger partial charge in [0, 0.05) is 13.1 Å². The van der Waals surface area contributed by atoms with E-state index in [0.717, 1.165) is 23.3 Å². The second-order valence-electron chi connectivity index (χ2n) is 10.6. The van der Waals surface area contributed by atoms with Crippen molar-refractivity contribution < 1.29 is 29.0 Å². The fourth-order valence-corrected chi connectivity index (χ4v) is 5.06. The number of fused-ring (bicyclic) bond motifs is 1. The summed E-state index contributed by atoms with van der Waals surface area (Å²) in [5, 5.41) is 17.3. The molecule has 4 rings (SSSR count). The van der Waals surface area contributed by atoms with E-state index in [1.165, 1.54) is 17.2 Å². The van der Waals surface area contributed by atoms with Gasteiger partial charge in [0.1, 0.15) is 29.7 Å². The van der Waals surface area contributed by atoms with Gasteiger partial charge in [-0.25, -0.2) is 19.7 Å². The van der Waals surface area contributed by atoms with E-state index in [2.05, 4.69) is 25.6 Å². The third-order valence-corrected chi connectivity index (χ3v) is 7.48. The van der Waals surface area contributed by atoms with E-state index in [0.29, 0.717) is 25.1 Å². The van der Waals surface area contributed by atoms with Crippen LogP contribution in [0.25, 0.3) is 11.2 Å². The van der Waals surface area contributed by atoms with E-state index in [-0.39, 0.29) is 29.9 Å². The first-order chi connectivity index (χ1) is 21.2. The molecule has 0 radical (unpaired) electrons. The Balaban J connectivity index is 1.71. The highest BCUT2D eigenvalue weighted by Gasteiger charge is 2.54. The number of benzene rings is 1. The number of nitrogen functional groups attached to an aromatic ring is 1. The van der Waals surface area contributed by atoms with Crippen LogP contribution in [0.3, 0.4) is 0 Å². The molecule has 3 heterocycles. The highest BCUT2D eigenvalue weighted by molar-refractivity contribution is 5.98. The first-order valence-electron chi connectivity index (χ1n) is 14.7. The van der Waals surface area contributed by atoms with Crippen molar-refractivity contribution in [2.24, 2.45) is 5.73 Å². The van der Waals surface area contributed by atoms with Gasteiger partial charge in [-0.2, -0.15) is 0 Å². The zero-order valence-electron chi connectivity index (χ0n) is 25.2. The van der Waals surface area contributed by atoms with E-state index >= 15 is 0 Å². The molecule has 0 aliphatic carbocycles. The van der Waals surface area contributed by atoms with E-state index in [1.54, 1.807) is 31.4 Å². The molecule has 2 aromatic heterocycles. The normalized spacial score (nSPS) is 20.3. The summed E-state index contributed by atoms with van der Waals surface area (Å²) in [4.78, 5) is 54.4. The first-order valence-corrected chi connectivity index (χ1v) is 14.7. The van der Waals surface area contributed by atoms with Crippen molar-refractivity contribution in [1.29, 1.82) is 0 Å². The Kier molecular flexibility index (Phi) is 11.0. The fourth-order valence-electron chi connectivity index (χ4n) is 5.06. The number of imidazole rings is 1. The van der Waals surface area contributed by atoms with Crippen molar-refractivity contribution in [1.82, 2.24) is 35.1 Å². The minimum absolute atomic E-state index is 0.0877. The van der Waals surface area contributed by atoms with Gasteiger partial charge in [-0.15, -0.1) is 0 Å². The second kappa shape index (κ2) is 14.9. The second-order valence-corrected chi connectivity index (χ2v) is 10.6. The Labute approximate surface area is 255 Å². The SMILES string of the molecule is CCCCNC(=O)[C@H]1O[C@@H](n2cnc3c(N)ncnc32)[C@H](O)[C@@H]1N(C(=O)NCCCC)C(=O)[C@@H](N)Cc1ccc(OC)cc1. The molecule has 1 fully saturated rings. The molecule has 0 bridgehead atoms. The van der Waals surface area contributed by atoms with Gasteiger partial charge < -0.3 is 36.7 Å². The first kappa shape index (κ1) is 32.6. The predicted octanol–water partition coefficient (Wildman–Crippen LogP) is 0.869. The van der Waals surface area contributed by atoms with Crippen LogP contribution >= 0.6 is 0 Å². The minimum Gasteiger partial charge on any atom is -0.497 e. The zero-order chi connectivity index (χ0) is 31.8. The standard InChI is InChI=1S/C29H41N9O6/c1-4-6-12-32-26(40)23-21(22(39)28(44-23)37-16-36-20-24(31)34-15-35-25(20)37)38(29(42)33-13-7-5-2)27(41)19(30)14-17-8-10-18(43-3)11-9-17/h8-11,15-16,19,21-23,28,39H,4-7,12-14,30H2,1-3H3,(H,32,40)(H,33,42)(H2,31,34,35)/t19-,21-,22+,23-,28+/m0/s1. The van der Waals surface area contributed by atoms with Crippen molar-refractivity contribution in [2.45, 2.75) is 76.5 Å². The monoisotopic (exact) mass is 611 g/mol. The summed E-state index contributed by atoms with van der Waals surface area (Å²) >= 11 is 0. The van der Waals surface area contributed by atoms with Crippen molar-refractivity contribution in [3.05, 3.63) is 42.5 Å². The van der Waals surface area contributed by atoms with Crippen LogP contribution in [0.15, 0.2) is 36.9 Å². The lowest BCUT2D eigenvalue weighted by molar-refractivity contribution is -0.139. The molecule has 1 saturated heterocycles. The van der Waals surface area contributed by atoms with E-state index in [9.17, 15) is 19.5 Å². The summed E-state index contributed by atoms with van der Waals surface area (Å²) in [5.41, 5.74) is 13.6. The Bertz CT molecular complexity index is 1430. The van der Waals surface area contributed by atoms with Gasteiger partial charge >= 0.3 is 6.03 Å². The van der Waals surface area contributed by atoms with Gasteiger partial charge in [0.2, 0.25) is 5.91 Å². The smallest absolute Gasteiger partial charge is 0.324 e. The van der Waals surface area contributed by atoms with Gasteiger partial charge in [0.25, 0.3) is 5.91 Å². The Morgan fingerprint density at radius 2 is 1.77 bits per heavy atom. The average Bonchev–Trinajstić information content (AvgIpc) is 3.59. The van der Waals surface area contributed by atoms with E-state index in [1.807, 2.05) is 13.8 Å². The molecule has 3 aromatic rings. The number of anilines is 1. The van der Waals surface area contributed by atoms with Crippen LogP contribution in [0.4, 0.5) is 10.6 Å². The van der Waals surface area contributed by atoms with Crippen LogP contribution in [0.2, 0.25) is 0 Å². The van der Waals surface area contributed by atoms with Gasteiger partial charge in [-0.05, 0) is 37.0 Å².